The molecule has 0 heterocycles. The number of carboxylic acids is 1. The molecule has 5 nitrogen and oxygen atoms in total. The predicted molar refractivity (Wildman–Crippen MR) is 100.0 cm³/mol. The van der Waals surface area contributed by atoms with Gasteiger partial charge in [0.2, 0.25) is 5.91 Å². The molecule has 1 N–H and O–H groups in total. The van der Waals surface area contributed by atoms with Crippen molar-refractivity contribution in [2.75, 3.05) is 7.11 Å². The van der Waals surface area contributed by atoms with Gasteiger partial charge in [-0.2, -0.15) is 0 Å². The lowest BCUT2D eigenvalue weighted by Crippen LogP contribution is -2.48. The zero-order valence-electron chi connectivity index (χ0n) is 15.4. The number of ether oxygens (including phenoxy) is 1. The minimum absolute atomic E-state index is 0.146. The summed E-state index contributed by atoms with van der Waals surface area (Å²) in [6.45, 7) is 3.90. The Balaban J connectivity index is 2.25. The maximum absolute atomic E-state index is 13.0. The molecule has 1 unspecified atom stereocenters. The highest BCUT2D eigenvalue weighted by molar-refractivity contribution is 5.85. The van der Waals surface area contributed by atoms with Gasteiger partial charge in [0.1, 0.15) is 11.8 Å². The molecule has 138 valence electrons. The smallest absolute Gasteiger partial charge is 0.326 e. The van der Waals surface area contributed by atoms with E-state index in [1.807, 2.05) is 56.3 Å². The zero-order valence-corrected chi connectivity index (χ0v) is 15.4. The average molecular weight is 355 g/mol. The van der Waals surface area contributed by atoms with E-state index in [9.17, 15) is 14.7 Å². The molecule has 5 heteroatoms. The van der Waals surface area contributed by atoms with Gasteiger partial charge in [-0.15, -0.1) is 0 Å². The summed E-state index contributed by atoms with van der Waals surface area (Å²) >= 11 is 0. The fourth-order valence-corrected chi connectivity index (χ4v) is 2.92. The molecule has 2 rings (SSSR count). The van der Waals surface area contributed by atoms with Gasteiger partial charge >= 0.3 is 5.97 Å². The lowest BCUT2D eigenvalue weighted by Gasteiger charge is -2.32. The quantitative estimate of drug-likeness (QED) is 0.788. The Morgan fingerprint density at radius 1 is 1.00 bits per heavy atom. The Bertz CT molecular complexity index is 725. The summed E-state index contributed by atoms with van der Waals surface area (Å²) in [6.07, 6.45) is 0.146. The molecular formula is C21H25NO4. The molecular weight excluding hydrogens is 330 g/mol. The lowest BCUT2D eigenvalue weighted by molar-refractivity contribution is -0.152. The molecule has 0 saturated heterocycles. The van der Waals surface area contributed by atoms with Gasteiger partial charge in [0.25, 0.3) is 0 Å². The van der Waals surface area contributed by atoms with Crippen LogP contribution in [0.1, 0.15) is 25.0 Å². The first kappa shape index (κ1) is 19.5. The van der Waals surface area contributed by atoms with Crippen molar-refractivity contribution >= 4 is 11.9 Å². The van der Waals surface area contributed by atoms with Gasteiger partial charge in [-0.25, -0.2) is 4.79 Å². The van der Waals surface area contributed by atoms with Crippen LogP contribution >= 0.6 is 0 Å². The second kappa shape index (κ2) is 9.04. The number of hydrogen-bond donors (Lipinski definition) is 1. The van der Waals surface area contributed by atoms with Crippen LogP contribution < -0.4 is 4.74 Å². The minimum atomic E-state index is -0.987. The van der Waals surface area contributed by atoms with Crippen molar-refractivity contribution in [2.24, 2.45) is 5.92 Å². The summed E-state index contributed by atoms with van der Waals surface area (Å²) in [7, 11) is 1.59. The van der Waals surface area contributed by atoms with Gasteiger partial charge in [-0.05, 0) is 29.2 Å². The van der Waals surface area contributed by atoms with Crippen LogP contribution in [0.25, 0.3) is 0 Å². The summed E-state index contributed by atoms with van der Waals surface area (Å²) in [5, 5.41) is 9.66. The Morgan fingerprint density at radius 3 is 2.12 bits per heavy atom. The molecule has 0 fully saturated rings. The number of benzene rings is 2. The highest BCUT2D eigenvalue weighted by Gasteiger charge is 2.32. The van der Waals surface area contributed by atoms with Crippen molar-refractivity contribution in [1.82, 2.24) is 4.90 Å². The third-order valence-electron chi connectivity index (χ3n) is 4.25. The number of carboxylic acid groups (broad SMARTS) is 1. The summed E-state index contributed by atoms with van der Waals surface area (Å²) < 4.78 is 5.13. The van der Waals surface area contributed by atoms with Gasteiger partial charge in [-0.1, -0.05) is 56.3 Å². The van der Waals surface area contributed by atoms with E-state index in [4.69, 9.17) is 4.74 Å². The number of aliphatic carboxylic acids is 1. The number of amides is 1. The molecule has 0 saturated carbocycles. The van der Waals surface area contributed by atoms with Crippen LogP contribution in [0.15, 0.2) is 54.6 Å². The molecule has 0 aromatic heterocycles. The van der Waals surface area contributed by atoms with Gasteiger partial charge in [0.15, 0.2) is 0 Å². The van der Waals surface area contributed by atoms with E-state index in [-0.39, 0.29) is 24.8 Å². The van der Waals surface area contributed by atoms with E-state index in [0.29, 0.717) is 5.75 Å². The fourth-order valence-electron chi connectivity index (χ4n) is 2.92. The highest BCUT2D eigenvalue weighted by Crippen LogP contribution is 2.19. The molecule has 0 bridgehead atoms. The van der Waals surface area contributed by atoms with Gasteiger partial charge < -0.3 is 14.7 Å². The topological polar surface area (TPSA) is 66.8 Å². The molecule has 2 aromatic carbocycles. The molecule has 1 atom stereocenters. The molecule has 0 aliphatic rings. The minimum Gasteiger partial charge on any atom is -0.497 e. The molecule has 0 aliphatic carbocycles. The van der Waals surface area contributed by atoms with E-state index in [0.717, 1.165) is 11.1 Å². The molecule has 0 radical (unpaired) electrons. The fraction of sp³-hybridized carbons (Fsp3) is 0.333. The lowest BCUT2D eigenvalue weighted by atomic mass is 10.00. The first-order valence-electron chi connectivity index (χ1n) is 8.61. The van der Waals surface area contributed by atoms with Crippen LogP contribution in [-0.4, -0.2) is 35.0 Å². The number of hydrogen-bond acceptors (Lipinski definition) is 3. The van der Waals surface area contributed by atoms with Crippen molar-refractivity contribution in [3.05, 3.63) is 65.7 Å². The Labute approximate surface area is 154 Å². The van der Waals surface area contributed by atoms with E-state index in [1.54, 1.807) is 19.2 Å². The predicted octanol–water partition coefficient (Wildman–Crippen LogP) is 3.38. The third-order valence-corrected chi connectivity index (χ3v) is 4.25. The van der Waals surface area contributed by atoms with E-state index >= 15 is 0 Å². The summed E-state index contributed by atoms with van der Waals surface area (Å²) in [5.74, 6) is -0.678. The van der Waals surface area contributed by atoms with Crippen LogP contribution in [0.3, 0.4) is 0 Å². The van der Waals surface area contributed by atoms with Crippen molar-refractivity contribution in [2.45, 2.75) is 32.9 Å². The van der Waals surface area contributed by atoms with E-state index in [1.165, 1.54) is 4.90 Å². The van der Waals surface area contributed by atoms with Gasteiger partial charge in [0, 0.05) is 6.54 Å². The zero-order chi connectivity index (χ0) is 19.1. The highest BCUT2D eigenvalue weighted by atomic mass is 16.5. The number of nitrogens with zero attached hydrogens (tertiary/aromatic N) is 1. The molecule has 0 spiro atoms. The maximum Gasteiger partial charge on any atom is 0.326 e. The summed E-state index contributed by atoms with van der Waals surface area (Å²) in [4.78, 5) is 26.2. The summed E-state index contributed by atoms with van der Waals surface area (Å²) in [6, 6.07) is 15.8. The molecule has 1 amide bonds. The number of carbonyl (C=O) groups excluding carboxylic acids is 1. The van der Waals surface area contributed by atoms with Crippen LogP contribution in [0, 0.1) is 5.92 Å². The van der Waals surface area contributed by atoms with Crippen LogP contribution in [-0.2, 0) is 22.6 Å². The van der Waals surface area contributed by atoms with Gasteiger partial charge in [-0.3, -0.25) is 4.79 Å². The Morgan fingerprint density at radius 2 is 1.62 bits per heavy atom. The van der Waals surface area contributed by atoms with Crippen molar-refractivity contribution < 1.29 is 19.4 Å². The van der Waals surface area contributed by atoms with Crippen molar-refractivity contribution in [3.8, 4) is 5.75 Å². The Hall–Kier alpha value is -2.82. The Kier molecular flexibility index (Phi) is 6.78. The number of carbonyl (C=O) groups is 2. The summed E-state index contributed by atoms with van der Waals surface area (Å²) in [5.41, 5.74) is 1.73. The van der Waals surface area contributed by atoms with Crippen molar-refractivity contribution in [1.29, 1.82) is 0 Å². The third kappa shape index (κ3) is 5.09. The largest absolute Gasteiger partial charge is 0.497 e. The van der Waals surface area contributed by atoms with Crippen LogP contribution in [0.4, 0.5) is 0 Å². The second-order valence-corrected chi connectivity index (χ2v) is 6.56. The van der Waals surface area contributed by atoms with Gasteiger partial charge in [0.05, 0.1) is 13.5 Å². The number of rotatable bonds is 8. The average Bonchev–Trinajstić information content (AvgIpc) is 2.62. The normalized spacial score (nSPS) is 11.8. The van der Waals surface area contributed by atoms with E-state index < -0.39 is 12.0 Å². The molecule has 0 aliphatic heterocycles. The SMILES string of the molecule is COc1ccc(CC(=O)N(Cc2ccccc2)C(C(=O)O)C(C)C)cc1. The first-order chi connectivity index (χ1) is 12.4. The van der Waals surface area contributed by atoms with E-state index in [2.05, 4.69) is 0 Å². The monoisotopic (exact) mass is 355 g/mol. The number of methoxy groups -OCH3 is 1. The van der Waals surface area contributed by atoms with Crippen LogP contribution in [0.2, 0.25) is 0 Å². The molecule has 2 aromatic rings. The first-order valence-corrected chi connectivity index (χ1v) is 8.61. The standard InChI is InChI=1S/C21H25NO4/c1-15(2)20(21(24)25)22(14-17-7-5-4-6-8-17)19(23)13-16-9-11-18(26-3)12-10-16/h4-12,15,20H,13-14H2,1-3H3,(H,24,25). The second-order valence-electron chi connectivity index (χ2n) is 6.56. The van der Waals surface area contributed by atoms with Crippen molar-refractivity contribution in [3.63, 3.8) is 0 Å². The molecule has 26 heavy (non-hydrogen) atoms. The van der Waals surface area contributed by atoms with Crippen LogP contribution in [0.5, 0.6) is 5.75 Å². The maximum atomic E-state index is 13.0.